The normalized spacial score (nSPS) is 18.4. The SMILES string of the molecule is CN(Cc1cnc(N)s1)C1CCN(c2ccccc2Cl)C1=O. The Hall–Kier alpha value is -1.63. The number of para-hydroxylation sites is 1. The van der Waals surface area contributed by atoms with Crippen molar-refractivity contribution in [2.45, 2.75) is 19.0 Å². The Morgan fingerprint density at radius 3 is 2.95 bits per heavy atom. The first-order valence-corrected chi connectivity index (χ1v) is 8.22. The molecule has 5 nitrogen and oxygen atoms in total. The molecule has 1 aromatic heterocycles. The van der Waals surface area contributed by atoms with Crippen LogP contribution in [0.3, 0.4) is 0 Å². The van der Waals surface area contributed by atoms with Gasteiger partial charge in [0.1, 0.15) is 0 Å². The highest BCUT2D eigenvalue weighted by Gasteiger charge is 2.36. The molecule has 1 unspecified atom stereocenters. The van der Waals surface area contributed by atoms with Gasteiger partial charge in [0.15, 0.2) is 5.13 Å². The summed E-state index contributed by atoms with van der Waals surface area (Å²) in [6.07, 6.45) is 2.55. The van der Waals surface area contributed by atoms with Crippen LogP contribution in [0.25, 0.3) is 0 Å². The van der Waals surface area contributed by atoms with Crippen molar-refractivity contribution in [2.24, 2.45) is 0 Å². The van der Waals surface area contributed by atoms with E-state index in [0.717, 1.165) is 17.0 Å². The maximum absolute atomic E-state index is 12.7. The number of anilines is 2. The number of carbonyl (C=O) groups is 1. The first-order chi connectivity index (χ1) is 10.6. The molecule has 0 aliphatic carbocycles. The molecule has 0 bridgehead atoms. The van der Waals surface area contributed by atoms with Gasteiger partial charge in [-0.15, -0.1) is 11.3 Å². The number of halogens is 1. The first-order valence-electron chi connectivity index (χ1n) is 7.02. The smallest absolute Gasteiger partial charge is 0.244 e. The number of benzene rings is 1. The van der Waals surface area contributed by atoms with Gasteiger partial charge in [-0.3, -0.25) is 9.69 Å². The van der Waals surface area contributed by atoms with Crippen molar-refractivity contribution in [1.29, 1.82) is 0 Å². The molecule has 7 heteroatoms. The van der Waals surface area contributed by atoms with E-state index < -0.39 is 0 Å². The molecule has 116 valence electrons. The van der Waals surface area contributed by atoms with Crippen molar-refractivity contribution in [3.8, 4) is 0 Å². The number of likely N-dealkylation sites (N-methyl/N-ethyl adjacent to an activating group) is 1. The summed E-state index contributed by atoms with van der Waals surface area (Å²) in [5.41, 5.74) is 6.43. The maximum atomic E-state index is 12.7. The molecule has 1 aliphatic heterocycles. The molecule has 0 radical (unpaired) electrons. The van der Waals surface area contributed by atoms with E-state index in [1.165, 1.54) is 11.3 Å². The highest BCUT2D eigenvalue weighted by atomic mass is 35.5. The van der Waals surface area contributed by atoms with Gasteiger partial charge >= 0.3 is 0 Å². The number of nitrogen functional groups attached to an aromatic ring is 1. The predicted molar refractivity (Wildman–Crippen MR) is 90.2 cm³/mol. The van der Waals surface area contributed by atoms with E-state index in [9.17, 15) is 4.79 Å². The molecule has 1 fully saturated rings. The van der Waals surface area contributed by atoms with Crippen LogP contribution < -0.4 is 10.6 Å². The summed E-state index contributed by atoms with van der Waals surface area (Å²) in [5.74, 6) is 0.0908. The summed E-state index contributed by atoms with van der Waals surface area (Å²) in [5, 5.41) is 1.16. The Kier molecular flexibility index (Phi) is 4.33. The summed E-state index contributed by atoms with van der Waals surface area (Å²) < 4.78 is 0. The number of amides is 1. The van der Waals surface area contributed by atoms with E-state index in [2.05, 4.69) is 4.98 Å². The molecule has 2 aromatic rings. The Morgan fingerprint density at radius 1 is 1.50 bits per heavy atom. The molecule has 2 N–H and O–H groups in total. The molecule has 1 aromatic carbocycles. The number of aromatic nitrogens is 1. The van der Waals surface area contributed by atoms with E-state index in [0.29, 0.717) is 23.2 Å². The fraction of sp³-hybridized carbons (Fsp3) is 0.333. The van der Waals surface area contributed by atoms with Gasteiger partial charge < -0.3 is 10.6 Å². The third kappa shape index (κ3) is 2.95. The maximum Gasteiger partial charge on any atom is 0.244 e. The zero-order valence-electron chi connectivity index (χ0n) is 12.2. The number of hydrogen-bond donors (Lipinski definition) is 1. The fourth-order valence-electron chi connectivity index (χ4n) is 2.74. The van der Waals surface area contributed by atoms with E-state index >= 15 is 0 Å². The number of carbonyl (C=O) groups excluding carboxylic acids is 1. The molecule has 22 heavy (non-hydrogen) atoms. The van der Waals surface area contributed by atoms with Gasteiger partial charge in [0, 0.05) is 24.2 Å². The van der Waals surface area contributed by atoms with Crippen LogP contribution in [0, 0.1) is 0 Å². The second kappa shape index (κ2) is 6.24. The number of hydrogen-bond acceptors (Lipinski definition) is 5. The van der Waals surface area contributed by atoms with E-state index in [-0.39, 0.29) is 11.9 Å². The largest absolute Gasteiger partial charge is 0.375 e. The molecule has 2 heterocycles. The first kappa shape index (κ1) is 15.3. The van der Waals surface area contributed by atoms with Gasteiger partial charge in [-0.05, 0) is 25.6 Å². The van der Waals surface area contributed by atoms with Crippen LogP contribution in [0.2, 0.25) is 5.02 Å². The molecule has 1 aliphatic rings. The zero-order chi connectivity index (χ0) is 15.7. The van der Waals surface area contributed by atoms with Gasteiger partial charge in [0.2, 0.25) is 5.91 Å². The van der Waals surface area contributed by atoms with Gasteiger partial charge in [-0.2, -0.15) is 0 Å². The lowest BCUT2D eigenvalue weighted by Crippen LogP contribution is -2.39. The van der Waals surface area contributed by atoms with Crippen molar-refractivity contribution in [3.05, 3.63) is 40.4 Å². The van der Waals surface area contributed by atoms with Crippen LogP contribution >= 0.6 is 22.9 Å². The third-order valence-corrected chi connectivity index (χ3v) is 4.96. The minimum absolute atomic E-state index is 0.0908. The van der Waals surface area contributed by atoms with Gasteiger partial charge in [-0.1, -0.05) is 23.7 Å². The second-order valence-electron chi connectivity index (χ2n) is 5.33. The molecule has 1 atom stereocenters. The van der Waals surface area contributed by atoms with Crippen LogP contribution in [-0.4, -0.2) is 35.4 Å². The summed E-state index contributed by atoms with van der Waals surface area (Å²) in [7, 11) is 1.95. The molecular weight excluding hydrogens is 320 g/mol. The summed E-state index contributed by atoms with van der Waals surface area (Å²) >= 11 is 7.66. The van der Waals surface area contributed by atoms with Crippen molar-refractivity contribution >= 4 is 39.7 Å². The number of thiazole rings is 1. The minimum atomic E-state index is -0.139. The van der Waals surface area contributed by atoms with Gasteiger partial charge in [-0.25, -0.2) is 4.98 Å². The lowest BCUT2D eigenvalue weighted by Gasteiger charge is -2.23. The van der Waals surface area contributed by atoms with Crippen LogP contribution in [-0.2, 0) is 11.3 Å². The Balaban J connectivity index is 1.72. The Bertz CT molecular complexity index is 690. The summed E-state index contributed by atoms with van der Waals surface area (Å²) in [6, 6.07) is 7.31. The molecular formula is C15H17ClN4OS. The second-order valence-corrected chi connectivity index (χ2v) is 6.88. The highest BCUT2D eigenvalue weighted by Crippen LogP contribution is 2.30. The quantitative estimate of drug-likeness (QED) is 0.932. The number of nitrogens with zero attached hydrogens (tertiary/aromatic N) is 3. The topological polar surface area (TPSA) is 62.5 Å². The minimum Gasteiger partial charge on any atom is -0.375 e. The van der Waals surface area contributed by atoms with Crippen molar-refractivity contribution < 1.29 is 4.79 Å². The summed E-state index contributed by atoms with van der Waals surface area (Å²) in [4.78, 5) is 21.6. The average Bonchev–Trinajstić information content (AvgIpc) is 3.06. The van der Waals surface area contributed by atoms with Crippen molar-refractivity contribution in [2.75, 3.05) is 24.2 Å². The van der Waals surface area contributed by atoms with Crippen LogP contribution in [0.15, 0.2) is 30.5 Å². The monoisotopic (exact) mass is 336 g/mol. The zero-order valence-corrected chi connectivity index (χ0v) is 13.8. The third-order valence-electron chi connectivity index (χ3n) is 3.83. The van der Waals surface area contributed by atoms with Gasteiger partial charge in [0.05, 0.1) is 16.8 Å². The molecule has 3 rings (SSSR count). The molecule has 1 amide bonds. The standard InChI is InChI=1S/C15H17ClN4OS/c1-19(9-10-8-18-15(17)22-10)13-6-7-20(14(13)21)12-5-3-2-4-11(12)16/h2-5,8,13H,6-7,9H2,1H3,(H2,17,18). The predicted octanol–water partition coefficient (Wildman–Crippen LogP) is 2.62. The lowest BCUT2D eigenvalue weighted by atomic mass is 10.2. The summed E-state index contributed by atoms with van der Waals surface area (Å²) in [6.45, 7) is 1.35. The lowest BCUT2D eigenvalue weighted by molar-refractivity contribution is -0.121. The number of nitrogens with two attached hydrogens (primary N) is 1. The van der Waals surface area contributed by atoms with E-state index in [4.69, 9.17) is 17.3 Å². The van der Waals surface area contributed by atoms with Crippen LogP contribution in [0.4, 0.5) is 10.8 Å². The molecule has 0 saturated carbocycles. The highest BCUT2D eigenvalue weighted by molar-refractivity contribution is 7.15. The molecule has 0 spiro atoms. The van der Waals surface area contributed by atoms with Crippen LogP contribution in [0.1, 0.15) is 11.3 Å². The molecule has 1 saturated heterocycles. The Morgan fingerprint density at radius 2 is 2.27 bits per heavy atom. The van der Waals surface area contributed by atoms with Crippen molar-refractivity contribution in [3.63, 3.8) is 0 Å². The number of rotatable bonds is 4. The van der Waals surface area contributed by atoms with E-state index in [1.807, 2.05) is 30.1 Å². The average molecular weight is 337 g/mol. The fourth-order valence-corrected chi connectivity index (χ4v) is 3.72. The van der Waals surface area contributed by atoms with E-state index in [1.54, 1.807) is 17.2 Å². The van der Waals surface area contributed by atoms with Crippen LogP contribution in [0.5, 0.6) is 0 Å². The van der Waals surface area contributed by atoms with Crippen molar-refractivity contribution in [1.82, 2.24) is 9.88 Å². The van der Waals surface area contributed by atoms with Gasteiger partial charge in [0.25, 0.3) is 0 Å². The Labute approximate surface area is 138 Å².